The standard InChI is InChI=1S/C17H11N3O2/c21-17-9-6-13-10-14(7-8-16(13)22-17)20-11-15(18-19-20)12-4-2-1-3-5-12/h1-11H. The van der Waals surface area contributed by atoms with Crippen LogP contribution >= 0.6 is 0 Å². The molecule has 2 aromatic carbocycles. The maximum atomic E-state index is 11.2. The molecule has 0 atom stereocenters. The lowest BCUT2D eigenvalue weighted by Gasteiger charge is -2.01. The molecule has 5 nitrogen and oxygen atoms in total. The Bertz CT molecular complexity index is 1000. The van der Waals surface area contributed by atoms with Crippen LogP contribution in [0.3, 0.4) is 0 Å². The molecule has 5 heteroatoms. The first-order valence-corrected chi connectivity index (χ1v) is 6.82. The Morgan fingerprint density at radius 1 is 0.955 bits per heavy atom. The van der Waals surface area contributed by atoms with E-state index < -0.39 is 0 Å². The van der Waals surface area contributed by atoms with Crippen LogP contribution in [0.4, 0.5) is 0 Å². The average Bonchev–Trinajstić information content (AvgIpc) is 3.05. The number of benzene rings is 2. The maximum Gasteiger partial charge on any atom is 0.336 e. The third kappa shape index (κ3) is 2.18. The fourth-order valence-electron chi connectivity index (χ4n) is 2.33. The zero-order valence-electron chi connectivity index (χ0n) is 11.5. The Morgan fingerprint density at radius 2 is 1.82 bits per heavy atom. The van der Waals surface area contributed by atoms with Gasteiger partial charge in [-0.3, -0.25) is 0 Å². The fraction of sp³-hybridized carbons (Fsp3) is 0. The average molecular weight is 289 g/mol. The highest BCUT2D eigenvalue weighted by Crippen LogP contribution is 2.20. The molecule has 0 saturated carbocycles. The van der Waals surface area contributed by atoms with E-state index in [9.17, 15) is 4.79 Å². The molecular formula is C17H11N3O2. The van der Waals surface area contributed by atoms with Gasteiger partial charge in [0, 0.05) is 17.0 Å². The summed E-state index contributed by atoms with van der Waals surface area (Å²) in [7, 11) is 0. The molecule has 0 fully saturated rings. The highest BCUT2D eigenvalue weighted by atomic mass is 16.4. The smallest absolute Gasteiger partial charge is 0.336 e. The fourth-order valence-corrected chi connectivity index (χ4v) is 2.33. The second-order valence-corrected chi connectivity index (χ2v) is 4.89. The topological polar surface area (TPSA) is 60.9 Å². The lowest BCUT2D eigenvalue weighted by atomic mass is 10.2. The van der Waals surface area contributed by atoms with Crippen molar-refractivity contribution >= 4 is 11.0 Å². The van der Waals surface area contributed by atoms with Crippen LogP contribution in [0.1, 0.15) is 0 Å². The molecule has 0 radical (unpaired) electrons. The van der Waals surface area contributed by atoms with Gasteiger partial charge in [-0.05, 0) is 24.3 Å². The molecule has 0 saturated heterocycles. The molecule has 0 amide bonds. The van der Waals surface area contributed by atoms with Gasteiger partial charge in [0.05, 0.1) is 11.9 Å². The molecule has 0 aliphatic rings. The quantitative estimate of drug-likeness (QED) is 0.532. The van der Waals surface area contributed by atoms with Crippen LogP contribution in [0.25, 0.3) is 27.9 Å². The van der Waals surface area contributed by atoms with Crippen molar-refractivity contribution in [3.63, 3.8) is 0 Å². The summed E-state index contributed by atoms with van der Waals surface area (Å²) in [6, 6.07) is 18.5. The van der Waals surface area contributed by atoms with E-state index in [2.05, 4.69) is 10.3 Å². The predicted octanol–water partition coefficient (Wildman–Crippen LogP) is 3.04. The van der Waals surface area contributed by atoms with Gasteiger partial charge in [0.2, 0.25) is 0 Å². The van der Waals surface area contributed by atoms with Crippen LogP contribution < -0.4 is 5.63 Å². The van der Waals surface area contributed by atoms with Crippen molar-refractivity contribution in [2.24, 2.45) is 0 Å². The molecule has 4 rings (SSSR count). The summed E-state index contributed by atoms with van der Waals surface area (Å²) in [5.74, 6) is 0. The molecule has 22 heavy (non-hydrogen) atoms. The van der Waals surface area contributed by atoms with Gasteiger partial charge >= 0.3 is 5.63 Å². The van der Waals surface area contributed by atoms with Crippen molar-refractivity contribution in [2.45, 2.75) is 0 Å². The van der Waals surface area contributed by atoms with E-state index in [1.54, 1.807) is 16.8 Å². The Kier molecular flexibility index (Phi) is 2.83. The molecule has 2 heterocycles. The second kappa shape index (κ2) is 4.96. The Balaban J connectivity index is 1.78. The molecule has 0 spiro atoms. The third-order valence-corrected chi connectivity index (χ3v) is 3.43. The van der Waals surface area contributed by atoms with Crippen molar-refractivity contribution in [2.75, 3.05) is 0 Å². The first-order chi connectivity index (χ1) is 10.8. The van der Waals surface area contributed by atoms with Gasteiger partial charge in [-0.15, -0.1) is 5.10 Å². The van der Waals surface area contributed by atoms with Crippen molar-refractivity contribution in [3.8, 4) is 16.9 Å². The van der Waals surface area contributed by atoms with Gasteiger partial charge in [-0.1, -0.05) is 35.5 Å². The first-order valence-electron chi connectivity index (χ1n) is 6.82. The number of hydrogen-bond acceptors (Lipinski definition) is 4. The molecule has 0 aliphatic carbocycles. The summed E-state index contributed by atoms with van der Waals surface area (Å²) in [5, 5.41) is 9.20. The van der Waals surface area contributed by atoms with Crippen LogP contribution in [0.2, 0.25) is 0 Å². The second-order valence-electron chi connectivity index (χ2n) is 4.89. The Hall–Kier alpha value is -3.21. The molecule has 106 valence electrons. The van der Waals surface area contributed by atoms with Crippen LogP contribution in [-0.2, 0) is 0 Å². The van der Waals surface area contributed by atoms with Gasteiger partial charge in [0.1, 0.15) is 11.3 Å². The number of aromatic nitrogens is 3. The van der Waals surface area contributed by atoms with E-state index in [0.717, 1.165) is 22.3 Å². The molecule has 0 unspecified atom stereocenters. The molecule has 0 aliphatic heterocycles. The van der Waals surface area contributed by atoms with E-state index >= 15 is 0 Å². The summed E-state index contributed by atoms with van der Waals surface area (Å²) >= 11 is 0. The summed E-state index contributed by atoms with van der Waals surface area (Å²) in [4.78, 5) is 11.2. The van der Waals surface area contributed by atoms with Gasteiger partial charge < -0.3 is 4.42 Å². The van der Waals surface area contributed by atoms with Crippen LogP contribution in [-0.4, -0.2) is 15.0 Å². The van der Waals surface area contributed by atoms with Crippen LogP contribution in [0.5, 0.6) is 0 Å². The van der Waals surface area contributed by atoms with E-state index in [1.807, 2.05) is 48.7 Å². The lowest BCUT2D eigenvalue weighted by molar-refractivity contribution is 0.561. The van der Waals surface area contributed by atoms with Crippen molar-refractivity contribution in [1.82, 2.24) is 15.0 Å². The van der Waals surface area contributed by atoms with Crippen LogP contribution in [0.15, 0.2) is 76.1 Å². The number of hydrogen-bond donors (Lipinski definition) is 0. The monoisotopic (exact) mass is 289 g/mol. The van der Waals surface area contributed by atoms with Crippen LogP contribution in [0, 0.1) is 0 Å². The Labute approximate surface area is 125 Å². The zero-order chi connectivity index (χ0) is 14.9. The molecule has 0 bridgehead atoms. The largest absolute Gasteiger partial charge is 0.423 e. The summed E-state index contributed by atoms with van der Waals surface area (Å²) in [6.45, 7) is 0. The van der Waals surface area contributed by atoms with Gasteiger partial charge in [0.15, 0.2) is 0 Å². The van der Waals surface area contributed by atoms with Crippen molar-refractivity contribution < 1.29 is 4.42 Å². The van der Waals surface area contributed by atoms with E-state index in [-0.39, 0.29) is 5.63 Å². The minimum Gasteiger partial charge on any atom is -0.423 e. The number of nitrogens with zero attached hydrogens (tertiary/aromatic N) is 3. The zero-order valence-corrected chi connectivity index (χ0v) is 11.5. The first kappa shape index (κ1) is 12.5. The highest BCUT2D eigenvalue weighted by Gasteiger charge is 2.06. The minimum absolute atomic E-state index is 0.354. The normalized spacial score (nSPS) is 10.9. The lowest BCUT2D eigenvalue weighted by Crippen LogP contribution is -1.97. The molecular weight excluding hydrogens is 278 g/mol. The van der Waals surface area contributed by atoms with Crippen molar-refractivity contribution in [3.05, 3.63) is 77.3 Å². The third-order valence-electron chi connectivity index (χ3n) is 3.43. The highest BCUT2D eigenvalue weighted by molar-refractivity contribution is 5.78. The number of fused-ring (bicyclic) bond motifs is 1. The SMILES string of the molecule is O=c1ccc2cc(-n3cc(-c4ccccc4)nn3)ccc2o1. The molecule has 0 N–H and O–H groups in total. The maximum absolute atomic E-state index is 11.2. The van der Waals surface area contributed by atoms with Gasteiger partial charge in [-0.25, -0.2) is 9.48 Å². The van der Waals surface area contributed by atoms with E-state index in [0.29, 0.717) is 5.58 Å². The number of rotatable bonds is 2. The minimum atomic E-state index is -0.354. The van der Waals surface area contributed by atoms with E-state index in [4.69, 9.17) is 4.42 Å². The Morgan fingerprint density at radius 3 is 2.68 bits per heavy atom. The van der Waals surface area contributed by atoms with E-state index in [1.165, 1.54) is 6.07 Å². The van der Waals surface area contributed by atoms with Gasteiger partial charge in [0.25, 0.3) is 0 Å². The predicted molar refractivity (Wildman–Crippen MR) is 82.8 cm³/mol. The summed E-state index contributed by atoms with van der Waals surface area (Å²) in [5.41, 5.74) is 2.88. The summed E-state index contributed by atoms with van der Waals surface area (Å²) < 4.78 is 6.83. The summed E-state index contributed by atoms with van der Waals surface area (Å²) in [6.07, 6.45) is 1.87. The molecule has 4 aromatic rings. The van der Waals surface area contributed by atoms with Gasteiger partial charge in [-0.2, -0.15) is 0 Å². The molecule has 2 aromatic heterocycles. The van der Waals surface area contributed by atoms with Crippen molar-refractivity contribution in [1.29, 1.82) is 0 Å².